The second-order valence-electron chi connectivity index (χ2n) is 7.36. The molecule has 1 amide bonds. The third-order valence-corrected chi connectivity index (χ3v) is 5.23. The van der Waals surface area contributed by atoms with Crippen molar-refractivity contribution in [2.24, 2.45) is 11.8 Å². The quantitative estimate of drug-likeness (QED) is 0.713. The Morgan fingerprint density at radius 2 is 2.00 bits per heavy atom. The average Bonchev–Trinajstić information content (AvgIpc) is 2.92. The molecule has 140 valence electrons. The maximum Gasteiger partial charge on any atom is 0.356 e. The number of benzene rings is 1. The fourth-order valence-electron chi connectivity index (χ4n) is 4.06. The molecule has 6 nitrogen and oxygen atoms in total. The molecule has 26 heavy (non-hydrogen) atoms. The van der Waals surface area contributed by atoms with Crippen LogP contribution in [-0.4, -0.2) is 43.6 Å². The summed E-state index contributed by atoms with van der Waals surface area (Å²) in [6, 6.07) is 5.32. The van der Waals surface area contributed by atoms with E-state index >= 15 is 0 Å². The largest absolute Gasteiger partial charge is 0.464 e. The molecule has 3 rings (SSSR count). The number of anilines is 1. The molecule has 0 spiro atoms. The smallest absolute Gasteiger partial charge is 0.356 e. The Balaban J connectivity index is 1.85. The zero-order chi connectivity index (χ0) is 18.8. The molecule has 0 saturated carbocycles. The van der Waals surface area contributed by atoms with Crippen LogP contribution >= 0.6 is 11.6 Å². The Labute approximate surface area is 157 Å². The van der Waals surface area contributed by atoms with E-state index in [1.807, 2.05) is 6.07 Å². The molecule has 1 aliphatic heterocycles. The minimum absolute atomic E-state index is 0.132. The molecular weight excluding hydrogens is 354 g/mol. The van der Waals surface area contributed by atoms with Crippen LogP contribution in [-0.2, 0) is 9.53 Å². The van der Waals surface area contributed by atoms with Gasteiger partial charge < -0.3 is 19.9 Å². The van der Waals surface area contributed by atoms with Gasteiger partial charge in [-0.3, -0.25) is 4.79 Å². The summed E-state index contributed by atoms with van der Waals surface area (Å²) in [5, 5.41) is 3.98. The summed E-state index contributed by atoms with van der Waals surface area (Å²) in [7, 11) is 1.31. The van der Waals surface area contributed by atoms with Crippen molar-refractivity contribution in [2.75, 3.05) is 32.1 Å². The first-order valence-corrected chi connectivity index (χ1v) is 9.28. The van der Waals surface area contributed by atoms with Gasteiger partial charge in [0.1, 0.15) is 5.69 Å². The zero-order valence-corrected chi connectivity index (χ0v) is 16.1. The van der Waals surface area contributed by atoms with Crippen LogP contribution in [0.2, 0.25) is 5.02 Å². The second-order valence-corrected chi connectivity index (χ2v) is 7.77. The van der Waals surface area contributed by atoms with Crippen molar-refractivity contribution in [1.82, 2.24) is 4.98 Å². The van der Waals surface area contributed by atoms with Crippen LogP contribution in [0.25, 0.3) is 10.9 Å². The number of hydrogen-bond acceptors (Lipinski definition) is 3. The zero-order valence-electron chi connectivity index (χ0n) is 15.3. The van der Waals surface area contributed by atoms with Gasteiger partial charge >= 0.3 is 5.97 Å². The van der Waals surface area contributed by atoms with Crippen molar-refractivity contribution >= 4 is 40.1 Å². The van der Waals surface area contributed by atoms with Gasteiger partial charge in [-0.1, -0.05) is 31.5 Å². The van der Waals surface area contributed by atoms with Gasteiger partial charge in [-0.25, -0.2) is 4.79 Å². The van der Waals surface area contributed by atoms with Gasteiger partial charge in [0.05, 0.1) is 30.9 Å². The minimum Gasteiger partial charge on any atom is -0.464 e. The molecule has 2 heterocycles. The molecule has 2 aromatic rings. The molecule has 1 aliphatic rings. The van der Waals surface area contributed by atoms with Crippen molar-refractivity contribution < 1.29 is 19.2 Å². The number of fused-ring (bicyclic) bond motifs is 1. The number of methoxy groups -OCH3 is 1. The Morgan fingerprint density at radius 1 is 1.31 bits per heavy atom. The fourth-order valence-corrected chi connectivity index (χ4v) is 4.33. The summed E-state index contributed by atoms with van der Waals surface area (Å²) in [4.78, 5) is 29.1. The summed E-state index contributed by atoms with van der Waals surface area (Å²) < 4.78 is 4.84. The number of carbonyl (C=O) groups excluding carboxylic acids is 2. The predicted octanol–water partition coefficient (Wildman–Crippen LogP) is 2.11. The SMILES string of the molecule is COC(=O)c1[nH]c2cccc(Cl)c2c1NC(=O)C[NH+]1C[C@@H](C)C[C@H](C)C1. The average molecular weight is 379 g/mol. The number of nitrogens with one attached hydrogen (secondary N) is 3. The van der Waals surface area contributed by atoms with Crippen molar-refractivity contribution in [2.45, 2.75) is 20.3 Å². The van der Waals surface area contributed by atoms with Gasteiger partial charge in [-0.15, -0.1) is 0 Å². The van der Waals surface area contributed by atoms with Crippen molar-refractivity contribution in [1.29, 1.82) is 0 Å². The van der Waals surface area contributed by atoms with Gasteiger partial charge in [0.2, 0.25) is 0 Å². The maximum absolute atomic E-state index is 12.7. The molecule has 7 heteroatoms. The first-order chi connectivity index (χ1) is 12.4. The Hall–Kier alpha value is -2.05. The van der Waals surface area contributed by atoms with Crippen LogP contribution in [0.1, 0.15) is 30.8 Å². The Kier molecular flexibility index (Phi) is 5.53. The van der Waals surface area contributed by atoms with E-state index in [2.05, 4.69) is 24.1 Å². The molecule has 0 aliphatic carbocycles. The predicted molar refractivity (Wildman–Crippen MR) is 102 cm³/mol. The highest BCUT2D eigenvalue weighted by Crippen LogP contribution is 2.33. The number of H-pyrrole nitrogens is 1. The number of aromatic nitrogens is 1. The van der Waals surface area contributed by atoms with Gasteiger partial charge in [0.15, 0.2) is 6.54 Å². The van der Waals surface area contributed by atoms with E-state index in [1.54, 1.807) is 12.1 Å². The molecule has 1 saturated heterocycles. The number of carbonyl (C=O) groups is 2. The lowest BCUT2D eigenvalue weighted by molar-refractivity contribution is -0.904. The van der Waals surface area contributed by atoms with Crippen molar-refractivity contribution in [3.05, 3.63) is 28.9 Å². The number of esters is 1. The lowest BCUT2D eigenvalue weighted by Crippen LogP contribution is -3.15. The van der Waals surface area contributed by atoms with Crippen LogP contribution in [0.5, 0.6) is 0 Å². The summed E-state index contributed by atoms with van der Waals surface area (Å²) in [5.74, 6) is 0.539. The summed E-state index contributed by atoms with van der Waals surface area (Å²) in [6.45, 7) is 6.78. The normalized spacial score (nSPS) is 23.0. The topological polar surface area (TPSA) is 75.6 Å². The van der Waals surface area contributed by atoms with Gasteiger partial charge in [0.25, 0.3) is 5.91 Å². The van der Waals surface area contributed by atoms with Gasteiger partial charge in [-0.05, 0) is 18.6 Å². The van der Waals surface area contributed by atoms with E-state index in [4.69, 9.17) is 16.3 Å². The number of piperidine rings is 1. The van der Waals surface area contributed by atoms with Crippen LogP contribution in [0.3, 0.4) is 0 Å². The number of rotatable bonds is 4. The van der Waals surface area contributed by atoms with E-state index in [1.165, 1.54) is 18.4 Å². The molecule has 1 aromatic carbocycles. The summed E-state index contributed by atoms with van der Waals surface area (Å²) in [6.07, 6.45) is 1.20. The van der Waals surface area contributed by atoms with Gasteiger partial charge in [-0.2, -0.15) is 0 Å². The Bertz CT molecular complexity index is 823. The maximum atomic E-state index is 12.7. The third-order valence-electron chi connectivity index (χ3n) is 4.92. The summed E-state index contributed by atoms with van der Waals surface area (Å²) in [5.41, 5.74) is 1.28. The molecule has 2 atom stereocenters. The molecule has 0 unspecified atom stereocenters. The minimum atomic E-state index is -0.542. The highest BCUT2D eigenvalue weighted by atomic mass is 35.5. The molecule has 3 N–H and O–H groups in total. The van der Waals surface area contributed by atoms with E-state index in [0.717, 1.165) is 13.1 Å². The van der Waals surface area contributed by atoms with Crippen LogP contribution in [0.15, 0.2) is 18.2 Å². The molecule has 0 bridgehead atoms. The number of ether oxygens (including phenoxy) is 1. The molecular formula is C19H25ClN3O3+. The molecule has 0 radical (unpaired) electrons. The van der Waals surface area contributed by atoms with E-state index in [0.29, 0.717) is 40.0 Å². The monoisotopic (exact) mass is 378 g/mol. The third kappa shape index (κ3) is 3.86. The van der Waals surface area contributed by atoms with Crippen LogP contribution in [0, 0.1) is 11.8 Å². The van der Waals surface area contributed by atoms with Crippen LogP contribution < -0.4 is 10.2 Å². The summed E-state index contributed by atoms with van der Waals surface area (Å²) >= 11 is 6.31. The molecule has 1 fully saturated rings. The number of hydrogen-bond donors (Lipinski definition) is 3. The number of aromatic amines is 1. The number of quaternary nitrogens is 1. The van der Waals surface area contributed by atoms with E-state index in [-0.39, 0.29) is 11.6 Å². The number of amides is 1. The van der Waals surface area contributed by atoms with E-state index < -0.39 is 5.97 Å². The van der Waals surface area contributed by atoms with Crippen molar-refractivity contribution in [3.8, 4) is 0 Å². The lowest BCUT2D eigenvalue weighted by atomic mass is 9.92. The standard InChI is InChI=1S/C19H24ClN3O3/c1-11-7-12(2)9-23(8-11)10-15(24)22-17-16-13(20)5-4-6-14(16)21-18(17)19(25)26-3/h4-6,11-12,21H,7-10H2,1-3H3,(H,22,24)/p+1/t11-,12-/m0/s1. The first-order valence-electron chi connectivity index (χ1n) is 8.91. The lowest BCUT2D eigenvalue weighted by Gasteiger charge is -2.31. The number of likely N-dealkylation sites (tertiary alicyclic amines) is 1. The molecule has 1 aromatic heterocycles. The Morgan fingerprint density at radius 3 is 2.65 bits per heavy atom. The highest BCUT2D eigenvalue weighted by Gasteiger charge is 2.28. The van der Waals surface area contributed by atoms with Crippen molar-refractivity contribution in [3.63, 3.8) is 0 Å². The van der Waals surface area contributed by atoms with Gasteiger partial charge in [0, 0.05) is 22.7 Å². The first kappa shape index (κ1) is 18.7. The number of halogens is 1. The second kappa shape index (κ2) is 7.68. The fraction of sp³-hybridized carbons (Fsp3) is 0.474. The van der Waals surface area contributed by atoms with Crippen LogP contribution in [0.4, 0.5) is 5.69 Å². The van der Waals surface area contributed by atoms with E-state index in [9.17, 15) is 9.59 Å². The highest BCUT2D eigenvalue weighted by molar-refractivity contribution is 6.37.